The third-order valence-corrected chi connectivity index (χ3v) is 5.29. The molecule has 0 atom stereocenters. The van der Waals surface area contributed by atoms with E-state index in [1.165, 1.54) is 5.52 Å². The number of aromatic nitrogens is 3. The monoisotopic (exact) mass is 536 g/mol. The first-order chi connectivity index (χ1) is 14.6. The number of guanidine groups is 1. The fourth-order valence-electron chi connectivity index (χ4n) is 3.65. The summed E-state index contributed by atoms with van der Waals surface area (Å²) >= 11 is 0. The first kappa shape index (κ1) is 24.9. The summed E-state index contributed by atoms with van der Waals surface area (Å²) in [4.78, 5) is 20.8. The van der Waals surface area contributed by atoms with Gasteiger partial charge in [0.05, 0.1) is 11.0 Å². The van der Waals surface area contributed by atoms with E-state index in [1.807, 2.05) is 29.7 Å². The van der Waals surface area contributed by atoms with Crippen molar-refractivity contribution in [2.45, 2.75) is 46.2 Å². The summed E-state index contributed by atoms with van der Waals surface area (Å²) in [5.74, 6) is 1.86. The molecular formula is C23H33IN6O. The molecule has 0 fully saturated rings. The Morgan fingerprint density at radius 3 is 2.39 bits per heavy atom. The number of aliphatic imine (C=N–C) groups is 1. The zero-order valence-electron chi connectivity index (χ0n) is 18.6. The fraction of sp³-hybridized carbons (Fsp3) is 0.435. The van der Waals surface area contributed by atoms with Crippen LogP contribution < -0.4 is 16.2 Å². The highest BCUT2D eigenvalue weighted by molar-refractivity contribution is 14.0. The normalized spacial score (nSPS) is 11.4. The molecule has 0 radical (unpaired) electrons. The van der Waals surface area contributed by atoms with Crippen LogP contribution in [0.15, 0.2) is 52.3 Å². The Bertz CT molecular complexity index is 1060. The lowest BCUT2D eigenvalue weighted by atomic mass is 10.3. The smallest absolute Gasteiger partial charge is 0.250 e. The first-order valence-electron chi connectivity index (χ1n) is 10.6. The number of hydrogen-bond donors (Lipinski definition) is 2. The molecule has 31 heavy (non-hydrogen) atoms. The van der Waals surface area contributed by atoms with E-state index >= 15 is 0 Å². The maximum atomic E-state index is 11.9. The molecular weight excluding hydrogens is 503 g/mol. The van der Waals surface area contributed by atoms with Gasteiger partial charge < -0.3 is 19.8 Å². The van der Waals surface area contributed by atoms with Crippen molar-refractivity contribution in [3.63, 3.8) is 0 Å². The minimum absolute atomic E-state index is 0. The van der Waals surface area contributed by atoms with Gasteiger partial charge in [0.2, 0.25) is 0 Å². The molecule has 0 aliphatic rings. The number of imidazole rings is 1. The summed E-state index contributed by atoms with van der Waals surface area (Å²) in [5, 5.41) is 6.73. The highest BCUT2D eigenvalue weighted by Crippen LogP contribution is 2.15. The van der Waals surface area contributed by atoms with Crippen LogP contribution in [-0.4, -0.2) is 40.2 Å². The predicted molar refractivity (Wildman–Crippen MR) is 139 cm³/mol. The summed E-state index contributed by atoms with van der Waals surface area (Å²) < 4.78 is 4.09. The molecule has 7 nitrogen and oxygen atoms in total. The van der Waals surface area contributed by atoms with E-state index in [9.17, 15) is 4.79 Å². The van der Waals surface area contributed by atoms with Gasteiger partial charge in [-0.05, 0) is 51.3 Å². The number of aryl methyl sites for hydroxylation is 3. The maximum Gasteiger partial charge on any atom is 0.250 e. The van der Waals surface area contributed by atoms with Gasteiger partial charge in [0, 0.05) is 45.0 Å². The number of pyridine rings is 1. The number of hydrogen-bond acceptors (Lipinski definition) is 3. The van der Waals surface area contributed by atoms with Crippen molar-refractivity contribution < 1.29 is 0 Å². The van der Waals surface area contributed by atoms with Crippen LogP contribution in [0.3, 0.4) is 0 Å². The lowest BCUT2D eigenvalue weighted by Crippen LogP contribution is -2.38. The van der Waals surface area contributed by atoms with E-state index in [-0.39, 0.29) is 29.5 Å². The largest absolute Gasteiger partial charge is 0.356 e. The number of para-hydroxylation sites is 2. The summed E-state index contributed by atoms with van der Waals surface area (Å²) in [6, 6.07) is 13.6. The lowest BCUT2D eigenvalue weighted by molar-refractivity contribution is 0.573. The Balaban J connectivity index is 0.00000341. The van der Waals surface area contributed by atoms with Crippen molar-refractivity contribution >= 4 is 41.0 Å². The van der Waals surface area contributed by atoms with Gasteiger partial charge in [0.15, 0.2) is 5.96 Å². The second-order valence-electron chi connectivity index (χ2n) is 7.44. The molecule has 0 bridgehead atoms. The zero-order valence-corrected chi connectivity index (χ0v) is 20.9. The molecule has 0 spiro atoms. The number of nitrogens with zero attached hydrogens (tertiary/aromatic N) is 4. The molecule has 168 valence electrons. The molecule has 3 aromatic rings. The zero-order chi connectivity index (χ0) is 21.3. The van der Waals surface area contributed by atoms with Crippen molar-refractivity contribution in [1.29, 1.82) is 0 Å². The molecule has 2 N–H and O–H groups in total. The number of unbranched alkanes of at least 4 members (excludes halogenated alkanes) is 1. The molecule has 2 heterocycles. The number of benzene rings is 1. The van der Waals surface area contributed by atoms with Gasteiger partial charge in [-0.2, -0.15) is 0 Å². The van der Waals surface area contributed by atoms with Crippen molar-refractivity contribution in [2.75, 3.05) is 20.1 Å². The molecule has 0 saturated heterocycles. The van der Waals surface area contributed by atoms with Crippen molar-refractivity contribution in [2.24, 2.45) is 4.99 Å². The second kappa shape index (κ2) is 12.5. The minimum atomic E-state index is 0. The quantitative estimate of drug-likeness (QED) is 0.190. The predicted octanol–water partition coefficient (Wildman–Crippen LogP) is 3.47. The summed E-state index contributed by atoms with van der Waals surface area (Å²) in [6.45, 7) is 7.35. The molecule has 0 unspecified atom stereocenters. The number of halogens is 1. The summed E-state index contributed by atoms with van der Waals surface area (Å²) in [5.41, 5.74) is 3.31. The van der Waals surface area contributed by atoms with Gasteiger partial charge in [-0.3, -0.25) is 9.79 Å². The molecule has 0 aliphatic carbocycles. The van der Waals surface area contributed by atoms with Crippen LogP contribution in [0.4, 0.5) is 0 Å². The topological polar surface area (TPSA) is 76.2 Å². The molecule has 1 aromatic carbocycles. The van der Waals surface area contributed by atoms with Crippen LogP contribution in [0, 0.1) is 13.8 Å². The second-order valence-corrected chi connectivity index (χ2v) is 7.44. The maximum absolute atomic E-state index is 11.9. The molecule has 3 rings (SSSR count). The summed E-state index contributed by atoms with van der Waals surface area (Å²) in [6.07, 6.45) is 2.90. The SMILES string of the molecule is CN=C(NCCCCn1c(C)cccc1=O)NCCCn1c(C)nc2ccccc21.I. The Morgan fingerprint density at radius 2 is 1.65 bits per heavy atom. The van der Waals surface area contributed by atoms with Crippen LogP contribution in [-0.2, 0) is 13.1 Å². The van der Waals surface area contributed by atoms with Gasteiger partial charge in [-0.1, -0.05) is 18.2 Å². The number of fused-ring (bicyclic) bond motifs is 1. The molecule has 0 aliphatic heterocycles. The fourth-order valence-corrected chi connectivity index (χ4v) is 3.65. The molecule has 0 amide bonds. The minimum Gasteiger partial charge on any atom is -0.356 e. The van der Waals surface area contributed by atoms with E-state index < -0.39 is 0 Å². The third kappa shape index (κ3) is 6.81. The Labute approximate surface area is 201 Å². The van der Waals surface area contributed by atoms with Crippen LogP contribution >= 0.6 is 24.0 Å². The average Bonchev–Trinajstić information content (AvgIpc) is 3.06. The molecule has 2 aromatic heterocycles. The van der Waals surface area contributed by atoms with E-state index in [4.69, 9.17) is 0 Å². The number of rotatable bonds is 9. The van der Waals surface area contributed by atoms with E-state index in [2.05, 4.69) is 50.3 Å². The van der Waals surface area contributed by atoms with Gasteiger partial charge in [-0.15, -0.1) is 24.0 Å². The van der Waals surface area contributed by atoms with Crippen molar-refractivity contribution in [1.82, 2.24) is 24.8 Å². The standard InChI is InChI=1S/C23H32N6O.HI/c1-18-10-8-13-22(30)28(18)16-7-6-14-25-23(24-3)26-15-9-17-29-19(2)27-20-11-4-5-12-21(20)29;/h4-5,8,10-13H,6-7,9,14-17H2,1-3H3,(H2,24,25,26);1H. The average molecular weight is 536 g/mol. The van der Waals surface area contributed by atoms with Crippen LogP contribution in [0.25, 0.3) is 11.0 Å². The van der Waals surface area contributed by atoms with E-state index in [0.717, 1.165) is 68.4 Å². The Morgan fingerprint density at radius 1 is 0.935 bits per heavy atom. The molecule has 8 heteroatoms. The Kier molecular flexibility index (Phi) is 10.0. The van der Waals surface area contributed by atoms with E-state index in [0.29, 0.717) is 0 Å². The highest BCUT2D eigenvalue weighted by atomic mass is 127. The lowest BCUT2D eigenvalue weighted by Gasteiger charge is -2.13. The van der Waals surface area contributed by atoms with Gasteiger partial charge in [0.25, 0.3) is 5.56 Å². The van der Waals surface area contributed by atoms with Crippen molar-refractivity contribution in [3.05, 3.63) is 64.3 Å². The Hall–Kier alpha value is -2.36. The first-order valence-corrected chi connectivity index (χ1v) is 10.6. The van der Waals surface area contributed by atoms with Crippen molar-refractivity contribution in [3.8, 4) is 0 Å². The highest BCUT2D eigenvalue weighted by Gasteiger charge is 2.06. The van der Waals surface area contributed by atoms with Gasteiger partial charge in [-0.25, -0.2) is 4.98 Å². The van der Waals surface area contributed by atoms with Crippen LogP contribution in [0.5, 0.6) is 0 Å². The van der Waals surface area contributed by atoms with E-state index in [1.54, 1.807) is 13.1 Å². The van der Waals surface area contributed by atoms with Crippen LogP contribution in [0.2, 0.25) is 0 Å². The van der Waals surface area contributed by atoms with Gasteiger partial charge in [0.1, 0.15) is 5.82 Å². The van der Waals surface area contributed by atoms with Crippen LogP contribution in [0.1, 0.15) is 30.8 Å². The molecule has 0 saturated carbocycles. The van der Waals surface area contributed by atoms with Gasteiger partial charge >= 0.3 is 0 Å². The third-order valence-electron chi connectivity index (χ3n) is 5.29. The number of nitrogens with one attached hydrogen (secondary N) is 2. The summed E-state index contributed by atoms with van der Waals surface area (Å²) in [7, 11) is 1.79.